The molecular formula is C20H20N4O2. The van der Waals surface area contributed by atoms with Crippen LogP contribution in [0.2, 0.25) is 0 Å². The topological polar surface area (TPSA) is 76.9 Å². The summed E-state index contributed by atoms with van der Waals surface area (Å²) in [5.41, 5.74) is 4.56. The second-order valence-electron chi connectivity index (χ2n) is 6.26. The molecule has 1 amide bonds. The zero-order valence-corrected chi connectivity index (χ0v) is 15.0. The van der Waals surface area contributed by atoms with Crippen LogP contribution in [-0.2, 0) is 11.3 Å². The summed E-state index contributed by atoms with van der Waals surface area (Å²) in [6.07, 6.45) is 1.50. The molecular weight excluding hydrogens is 328 g/mol. The summed E-state index contributed by atoms with van der Waals surface area (Å²) in [7, 11) is 0. The number of para-hydroxylation sites is 1. The lowest BCUT2D eigenvalue weighted by molar-refractivity contribution is -0.117. The van der Waals surface area contributed by atoms with Crippen LogP contribution >= 0.6 is 0 Å². The Morgan fingerprint density at radius 1 is 1.04 bits per heavy atom. The molecule has 3 rings (SSSR count). The number of hydrogen-bond donors (Lipinski definition) is 1. The summed E-state index contributed by atoms with van der Waals surface area (Å²) in [5.74, 6) is -0.318. The Balaban J connectivity index is 1.77. The van der Waals surface area contributed by atoms with Crippen molar-refractivity contribution in [3.05, 3.63) is 75.8 Å². The van der Waals surface area contributed by atoms with E-state index in [4.69, 9.17) is 0 Å². The number of nitrogens with zero attached hydrogens (tertiary/aromatic N) is 3. The number of benzene rings is 2. The van der Waals surface area contributed by atoms with Crippen molar-refractivity contribution in [1.82, 2.24) is 14.8 Å². The molecule has 0 aliphatic heterocycles. The van der Waals surface area contributed by atoms with E-state index >= 15 is 0 Å². The van der Waals surface area contributed by atoms with Crippen LogP contribution in [0.3, 0.4) is 0 Å². The van der Waals surface area contributed by atoms with Gasteiger partial charge in [-0.1, -0.05) is 48.0 Å². The smallest absolute Gasteiger partial charge is 0.324 e. The van der Waals surface area contributed by atoms with E-state index in [0.717, 1.165) is 32.6 Å². The van der Waals surface area contributed by atoms with Crippen molar-refractivity contribution in [2.45, 2.75) is 27.3 Å². The molecule has 0 aliphatic rings. The molecule has 1 aromatic heterocycles. The van der Waals surface area contributed by atoms with Gasteiger partial charge in [0.05, 0.1) is 11.9 Å². The minimum Gasteiger partial charge on any atom is -0.324 e. The fourth-order valence-corrected chi connectivity index (χ4v) is 2.66. The zero-order valence-electron chi connectivity index (χ0n) is 15.0. The molecule has 0 saturated carbocycles. The van der Waals surface area contributed by atoms with E-state index in [-0.39, 0.29) is 12.5 Å². The first-order valence-electron chi connectivity index (χ1n) is 8.31. The monoisotopic (exact) mass is 348 g/mol. The highest BCUT2D eigenvalue weighted by Gasteiger charge is 2.11. The fourth-order valence-electron chi connectivity index (χ4n) is 2.66. The van der Waals surface area contributed by atoms with E-state index < -0.39 is 5.69 Å². The van der Waals surface area contributed by atoms with E-state index in [1.165, 1.54) is 6.20 Å². The Bertz CT molecular complexity index is 987. The van der Waals surface area contributed by atoms with Crippen molar-refractivity contribution in [3.8, 4) is 11.3 Å². The van der Waals surface area contributed by atoms with Gasteiger partial charge in [0, 0.05) is 11.3 Å². The highest BCUT2D eigenvalue weighted by Crippen LogP contribution is 2.19. The number of rotatable bonds is 4. The summed E-state index contributed by atoms with van der Waals surface area (Å²) >= 11 is 0. The van der Waals surface area contributed by atoms with Gasteiger partial charge < -0.3 is 5.32 Å². The van der Waals surface area contributed by atoms with E-state index in [0.29, 0.717) is 5.69 Å². The maximum atomic E-state index is 12.3. The largest absolute Gasteiger partial charge is 0.365 e. The van der Waals surface area contributed by atoms with Crippen LogP contribution in [0.5, 0.6) is 0 Å². The van der Waals surface area contributed by atoms with Crippen LogP contribution in [0.15, 0.2) is 53.5 Å². The van der Waals surface area contributed by atoms with Crippen LogP contribution in [0.25, 0.3) is 11.3 Å². The van der Waals surface area contributed by atoms with Crippen molar-refractivity contribution >= 4 is 11.6 Å². The summed E-state index contributed by atoms with van der Waals surface area (Å²) in [6, 6.07) is 13.4. The minimum atomic E-state index is -0.556. The average molecular weight is 348 g/mol. The Morgan fingerprint density at radius 2 is 1.69 bits per heavy atom. The van der Waals surface area contributed by atoms with Crippen molar-refractivity contribution in [1.29, 1.82) is 0 Å². The lowest BCUT2D eigenvalue weighted by Gasteiger charge is -2.11. The predicted octanol–water partition coefficient (Wildman–Crippen LogP) is 2.87. The number of nitrogens with one attached hydrogen (secondary N) is 1. The van der Waals surface area contributed by atoms with Gasteiger partial charge in [0.15, 0.2) is 0 Å². The predicted molar refractivity (Wildman–Crippen MR) is 101 cm³/mol. The van der Waals surface area contributed by atoms with Crippen molar-refractivity contribution < 1.29 is 4.79 Å². The highest BCUT2D eigenvalue weighted by atomic mass is 16.2. The molecule has 0 fully saturated rings. The number of aryl methyl sites for hydroxylation is 3. The first-order valence-corrected chi connectivity index (χ1v) is 8.31. The third-order valence-electron chi connectivity index (χ3n) is 4.14. The van der Waals surface area contributed by atoms with Crippen molar-refractivity contribution in [2.24, 2.45) is 0 Å². The molecule has 0 aliphatic carbocycles. The van der Waals surface area contributed by atoms with E-state index in [2.05, 4.69) is 15.4 Å². The molecule has 6 nitrogen and oxygen atoms in total. The summed E-state index contributed by atoms with van der Waals surface area (Å²) in [4.78, 5) is 28.5. The molecule has 0 spiro atoms. The van der Waals surface area contributed by atoms with E-state index in [9.17, 15) is 9.59 Å². The molecule has 3 aromatic rings. The lowest BCUT2D eigenvalue weighted by atomic mass is 10.1. The normalized spacial score (nSPS) is 10.6. The Morgan fingerprint density at radius 3 is 2.31 bits per heavy atom. The maximum absolute atomic E-state index is 12.3. The number of carbonyl (C=O) groups excluding carboxylic acids is 1. The van der Waals surface area contributed by atoms with Crippen molar-refractivity contribution in [2.75, 3.05) is 5.32 Å². The van der Waals surface area contributed by atoms with Gasteiger partial charge in [0.25, 0.3) is 0 Å². The molecule has 1 heterocycles. The summed E-state index contributed by atoms with van der Waals surface area (Å²) in [5, 5.41) is 6.92. The Labute approximate surface area is 151 Å². The Hall–Kier alpha value is -3.28. The zero-order chi connectivity index (χ0) is 18.7. The van der Waals surface area contributed by atoms with Gasteiger partial charge in [0.1, 0.15) is 6.54 Å². The number of anilines is 1. The number of amides is 1. The molecule has 0 saturated heterocycles. The Kier molecular flexibility index (Phi) is 4.93. The molecule has 2 aromatic carbocycles. The molecule has 0 unspecified atom stereocenters. The number of hydrogen-bond acceptors (Lipinski definition) is 4. The molecule has 26 heavy (non-hydrogen) atoms. The highest BCUT2D eigenvalue weighted by molar-refractivity contribution is 5.92. The van der Waals surface area contributed by atoms with Crippen LogP contribution in [0, 0.1) is 20.8 Å². The van der Waals surface area contributed by atoms with Gasteiger partial charge in [-0.3, -0.25) is 4.79 Å². The number of carbonyl (C=O) groups is 1. The summed E-state index contributed by atoms with van der Waals surface area (Å²) < 4.78 is 1.06. The molecule has 6 heteroatoms. The van der Waals surface area contributed by atoms with Crippen LogP contribution in [-0.4, -0.2) is 20.7 Å². The average Bonchev–Trinajstić information content (AvgIpc) is 2.61. The standard InChI is InChI=1S/C20H20N4O2/c1-13-7-9-16(10-8-13)17-11-21-24(20(26)22-17)12-18(25)23-19-14(2)5-4-6-15(19)3/h4-11H,12H2,1-3H3,(H,23,25). The van der Waals surface area contributed by atoms with Crippen molar-refractivity contribution in [3.63, 3.8) is 0 Å². The SMILES string of the molecule is Cc1ccc(-c2cnn(CC(=O)Nc3c(C)cccc3C)c(=O)n2)cc1. The van der Waals surface area contributed by atoms with Gasteiger partial charge in [0.2, 0.25) is 5.91 Å². The first-order chi connectivity index (χ1) is 12.4. The van der Waals surface area contributed by atoms with Crippen LogP contribution in [0.4, 0.5) is 5.69 Å². The maximum Gasteiger partial charge on any atom is 0.365 e. The summed E-state index contributed by atoms with van der Waals surface area (Å²) in [6.45, 7) is 5.64. The number of aromatic nitrogens is 3. The van der Waals surface area contributed by atoms with Crippen LogP contribution in [0.1, 0.15) is 16.7 Å². The van der Waals surface area contributed by atoms with E-state index in [1.54, 1.807) is 0 Å². The van der Waals surface area contributed by atoms with E-state index in [1.807, 2.05) is 63.2 Å². The minimum absolute atomic E-state index is 0.187. The quantitative estimate of drug-likeness (QED) is 0.786. The van der Waals surface area contributed by atoms with Gasteiger partial charge in [-0.25, -0.2) is 9.48 Å². The molecule has 0 bridgehead atoms. The molecule has 1 N–H and O–H groups in total. The third-order valence-corrected chi connectivity index (χ3v) is 4.14. The fraction of sp³-hybridized carbons (Fsp3) is 0.200. The molecule has 132 valence electrons. The van der Waals surface area contributed by atoms with Crippen LogP contribution < -0.4 is 11.0 Å². The first kappa shape index (κ1) is 17.5. The van der Waals surface area contributed by atoms with Gasteiger partial charge in [-0.2, -0.15) is 10.1 Å². The third kappa shape index (κ3) is 3.85. The van der Waals surface area contributed by atoms with Gasteiger partial charge in [-0.05, 0) is 31.9 Å². The molecule has 0 radical (unpaired) electrons. The lowest BCUT2D eigenvalue weighted by Crippen LogP contribution is -2.31. The second-order valence-corrected chi connectivity index (χ2v) is 6.26. The van der Waals surface area contributed by atoms with Gasteiger partial charge >= 0.3 is 5.69 Å². The molecule has 0 atom stereocenters. The second kappa shape index (κ2) is 7.31. The van der Waals surface area contributed by atoms with Gasteiger partial charge in [-0.15, -0.1) is 0 Å².